The lowest BCUT2D eigenvalue weighted by molar-refractivity contribution is -0.181. The molecule has 5 nitrogen and oxygen atoms in total. The molecule has 1 aromatic heterocycles. The van der Waals surface area contributed by atoms with Gasteiger partial charge in [0.15, 0.2) is 5.96 Å². The van der Waals surface area contributed by atoms with E-state index in [0.29, 0.717) is 44.6 Å². The highest BCUT2D eigenvalue weighted by molar-refractivity contribution is 14.0. The van der Waals surface area contributed by atoms with E-state index in [1.807, 2.05) is 10.3 Å². The lowest BCUT2D eigenvalue weighted by atomic mass is 10.2. The van der Waals surface area contributed by atoms with Crippen molar-refractivity contribution in [1.29, 1.82) is 0 Å². The van der Waals surface area contributed by atoms with E-state index in [1.165, 1.54) is 11.8 Å². The molecular weight excluding hydrogens is 478 g/mol. The van der Waals surface area contributed by atoms with Gasteiger partial charge in [-0.15, -0.1) is 35.3 Å². The number of nitrogens with one attached hydrogen (secondary N) is 1. The molecule has 0 spiro atoms. The minimum Gasteiger partial charge on any atom is -0.351 e. The molecule has 1 aliphatic rings. The fraction of sp³-hybridized carbons (Fsp3) is 0.750. The maximum atomic E-state index is 12.8. The van der Waals surface area contributed by atoms with Crippen LogP contribution < -0.4 is 5.32 Å². The predicted octanol–water partition coefficient (Wildman–Crippen LogP) is 3.53. The van der Waals surface area contributed by atoms with Crippen LogP contribution >= 0.6 is 35.3 Å². The fourth-order valence-electron chi connectivity index (χ4n) is 2.70. The Bertz CT molecular complexity index is 583. The summed E-state index contributed by atoms with van der Waals surface area (Å²) in [6, 6.07) is -1.41. The quantitative estimate of drug-likeness (QED) is 0.387. The predicted molar refractivity (Wildman–Crippen MR) is 110 cm³/mol. The topological polar surface area (TPSA) is 43.8 Å². The Morgan fingerprint density at radius 2 is 1.88 bits per heavy atom. The van der Waals surface area contributed by atoms with Crippen molar-refractivity contribution in [1.82, 2.24) is 20.1 Å². The van der Waals surface area contributed by atoms with Crippen LogP contribution in [0, 0.1) is 0 Å². The van der Waals surface area contributed by atoms with Crippen LogP contribution in [0.3, 0.4) is 0 Å². The second kappa shape index (κ2) is 10.1. The smallest absolute Gasteiger partial charge is 0.351 e. The number of piperazine rings is 1. The first-order valence-corrected chi connectivity index (χ1v) is 9.31. The van der Waals surface area contributed by atoms with Crippen LogP contribution in [-0.4, -0.2) is 66.2 Å². The van der Waals surface area contributed by atoms with Crippen molar-refractivity contribution in [2.45, 2.75) is 45.5 Å². The van der Waals surface area contributed by atoms with E-state index in [-0.39, 0.29) is 24.0 Å². The molecule has 1 atom stereocenters. The first-order valence-electron chi connectivity index (χ1n) is 8.43. The summed E-state index contributed by atoms with van der Waals surface area (Å²) in [5.41, 5.74) is 0.958. The summed E-state index contributed by atoms with van der Waals surface area (Å²) >= 11 is 1.64. The number of thiazole rings is 1. The average Bonchev–Trinajstić information content (AvgIpc) is 3.04. The van der Waals surface area contributed by atoms with Gasteiger partial charge in [-0.25, -0.2) is 4.98 Å². The van der Waals surface area contributed by atoms with Crippen molar-refractivity contribution in [2.75, 3.05) is 33.2 Å². The van der Waals surface area contributed by atoms with E-state index in [2.05, 4.69) is 29.1 Å². The van der Waals surface area contributed by atoms with Gasteiger partial charge in [0.25, 0.3) is 0 Å². The van der Waals surface area contributed by atoms with Gasteiger partial charge in [0.05, 0.1) is 17.2 Å². The molecule has 1 fully saturated rings. The lowest BCUT2D eigenvalue weighted by Gasteiger charge is -2.39. The summed E-state index contributed by atoms with van der Waals surface area (Å²) in [6.45, 7) is 7.78. The van der Waals surface area contributed by atoms with Crippen LogP contribution in [0.25, 0.3) is 0 Å². The molecule has 2 heterocycles. The van der Waals surface area contributed by atoms with Gasteiger partial charge in [0.1, 0.15) is 6.04 Å². The highest BCUT2D eigenvalue weighted by Crippen LogP contribution is 2.25. The molecule has 1 saturated heterocycles. The van der Waals surface area contributed by atoms with Crippen molar-refractivity contribution in [3.8, 4) is 0 Å². The summed E-state index contributed by atoms with van der Waals surface area (Å²) in [5, 5.41) is 6.39. The minimum absolute atomic E-state index is 0. The highest BCUT2D eigenvalue weighted by Gasteiger charge is 2.41. The molecule has 2 rings (SSSR count). The zero-order valence-electron chi connectivity index (χ0n) is 15.5. The summed E-state index contributed by atoms with van der Waals surface area (Å²) in [6.07, 6.45) is -4.18. The summed E-state index contributed by atoms with van der Waals surface area (Å²) in [7, 11) is 1.69. The maximum absolute atomic E-state index is 12.8. The molecule has 1 aliphatic heterocycles. The van der Waals surface area contributed by atoms with Crippen molar-refractivity contribution < 1.29 is 13.2 Å². The number of guanidine groups is 1. The van der Waals surface area contributed by atoms with Crippen molar-refractivity contribution in [2.24, 2.45) is 4.99 Å². The van der Waals surface area contributed by atoms with E-state index in [9.17, 15) is 13.2 Å². The Labute approximate surface area is 174 Å². The molecule has 0 bridgehead atoms. The van der Waals surface area contributed by atoms with E-state index < -0.39 is 12.2 Å². The van der Waals surface area contributed by atoms with Crippen LogP contribution in [-0.2, 0) is 6.54 Å². The van der Waals surface area contributed by atoms with Crippen LogP contribution in [0.5, 0.6) is 0 Å². The normalized spacial score (nSPS) is 18.0. The third kappa shape index (κ3) is 6.22. The summed E-state index contributed by atoms with van der Waals surface area (Å²) in [4.78, 5) is 12.3. The molecule has 0 saturated carbocycles. The standard InChI is InChI=1S/C16H26F3N5S.HI/c1-11(2)14-22-13(10-25-14)9-21-15(20-4)24-7-5-23(6-8-24)12(3)16(17,18)19;/h10-12H,5-9H2,1-4H3,(H,20,21);1H. The Hall–Kier alpha value is -0.620. The molecule has 1 aromatic rings. The Morgan fingerprint density at radius 1 is 1.27 bits per heavy atom. The zero-order valence-corrected chi connectivity index (χ0v) is 18.7. The Morgan fingerprint density at radius 3 is 2.35 bits per heavy atom. The number of hydrogen-bond acceptors (Lipinski definition) is 4. The van der Waals surface area contributed by atoms with Crippen LogP contribution in [0.4, 0.5) is 13.2 Å². The van der Waals surface area contributed by atoms with Gasteiger partial charge in [-0.2, -0.15) is 13.2 Å². The molecule has 10 heteroatoms. The molecule has 150 valence electrons. The Balaban J connectivity index is 0.00000338. The molecule has 0 radical (unpaired) electrons. The number of nitrogens with zero attached hydrogens (tertiary/aromatic N) is 4. The zero-order chi connectivity index (χ0) is 18.6. The number of aromatic nitrogens is 1. The van der Waals surface area contributed by atoms with Gasteiger partial charge in [-0.05, 0) is 6.92 Å². The first-order chi connectivity index (χ1) is 11.7. The largest absolute Gasteiger partial charge is 0.403 e. The monoisotopic (exact) mass is 505 g/mol. The molecule has 0 aromatic carbocycles. The SMILES string of the molecule is CN=C(NCc1csc(C(C)C)n1)N1CCN(C(C)C(F)(F)F)CC1.I. The van der Waals surface area contributed by atoms with Crippen molar-refractivity contribution in [3.05, 3.63) is 16.1 Å². The number of hydrogen-bond donors (Lipinski definition) is 1. The van der Waals surface area contributed by atoms with Crippen LogP contribution in [0.1, 0.15) is 37.4 Å². The maximum Gasteiger partial charge on any atom is 0.403 e. The third-order valence-electron chi connectivity index (χ3n) is 4.34. The molecule has 1 unspecified atom stereocenters. The highest BCUT2D eigenvalue weighted by atomic mass is 127. The summed E-state index contributed by atoms with van der Waals surface area (Å²) in [5.74, 6) is 1.11. The van der Waals surface area contributed by atoms with E-state index >= 15 is 0 Å². The Kier molecular flexibility index (Phi) is 9.07. The lowest BCUT2D eigenvalue weighted by Crippen LogP contribution is -2.56. The van der Waals surface area contributed by atoms with Crippen LogP contribution in [0.2, 0.25) is 0 Å². The van der Waals surface area contributed by atoms with Gasteiger partial charge in [0, 0.05) is 44.5 Å². The molecule has 0 aliphatic carbocycles. The van der Waals surface area contributed by atoms with Gasteiger partial charge in [0.2, 0.25) is 0 Å². The molecule has 1 N–H and O–H groups in total. The van der Waals surface area contributed by atoms with Gasteiger partial charge in [-0.3, -0.25) is 9.89 Å². The molecule has 26 heavy (non-hydrogen) atoms. The summed E-state index contributed by atoms with van der Waals surface area (Å²) < 4.78 is 38.5. The van der Waals surface area contributed by atoms with Crippen molar-refractivity contribution >= 4 is 41.3 Å². The van der Waals surface area contributed by atoms with Gasteiger partial charge >= 0.3 is 6.18 Å². The first kappa shape index (κ1) is 23.4. The number of aliphatic imine (C=N–C) groups is 1. The van der Waals surface area contributed by atoms with E-state index in [1.54, 1.807) is 18.4 Å². The molecule has 0 amide bonds. The number of rotatable bonds is 4. The van der Waals surface area contributed by atoms with Gasteiger partial charge in [-0.1, -0.05) is 13.8 Å². The third-order valence-corrected chi connectivity index (χ3v) is 5.53. The van der Waals surface area contributed by atoms with E-state index in [4.69, 9.17) is 0 Å². The second-order valence-corrected chi connectivity index (χ2v) is 7.36. The minimum atomic E-state index is -4.18. The number of halogens is 4. The number of alkyl halides is 3. The van der Waals surface area contributed by atoms with Crippen molar-refractivity contribution in [3.63, 3.8) is 0 Å². The second-order valence-electron chi connectivity index (χ2n) is 6.47. The average molecular weight is 505 g/mol. The molecular formula is C16H27F3IN5S. The fourth-order valence-corrected chi connectivity index (χ4v) is 3.53. The van der Waals surface area contributed by atoms with E-state index in [0.717, 1.165) is 10.7 Å². The van der Waals surface area contributed by atoms with Crippen LogP contribution in [0.15, 0.2) is 10.4 Å². The van der Waals surface area contributed by atoms with Gasteiger partial charge < -0.3 is 10.2 Å².